The highest BCUT2D eigenvalue weighted by molar-refractivity contribution is 5.83. The van der Waals surface area contributed by atoms with Gasteiger partial charge in [-0.2, -0.15) is 0 Å². The van der Waals surface area contributed by atoms with E-state index in [0.717, 1.165) is 42.9 Å². The third-order valence-electron chi connectivity index (χ3n) is 7.03. The van der Waals surface area contributed by atoms with E-state index in [1.807, 2.05) is 49.4 Å². The third kappa shape index (κ3) is 7.85. The second-order valence-electron chi connectivity index (χ2n) is 10.2. The SMILES string of the molecule is CCCC(C)COc1ccc(C(CNCC2(N)CCCC2)NC(=O)C(C)c2ccccc2)cc1. The van der Waals surface area contributed by atoms with Crippen molar-refractivity contribution >= 4 is 5.91 Å². The Labute approximate surface area is 205 Å². The first kappa shape index (κ1) is 26.2. The third-order valence-corrected chi connectivity index (χ3v) is 7.03. The van der Waals surface area contributed by atoms with Crippen molar-refractivity contribution in [3.63, 3.8) is 0 Å². The topological polar surface area (TPSA) is 76.4 Å². The van der Waals surface area contributed by atoms with Crippen molar-refractivity contribution in [3.8, 4) is 5.75 Å². The van der Waals surface area contributed by atoms with Gasteiger partial charge in [-0.05, 0) is 55.4 Å². The molecule has 0 aromatic heterocycles. The lowest BCUT2D eigenvalue weighted by Crippen LogP contribution is -2.48. The number of nitrogens with two attached hydrogens (primary N) is 1. The standard InChI is InChI=1S/C29H43N3O2/c1-4-10-22(2)20-34-26-15-13-25(14-16-26)27(19-31-21-29(30)17-8-9-18-29)32-28(33)23(3)24-11-6-5-7-12-24/h5-7,11-16,22-23,27,31H,4,8-10,17-21,30H2,1-3H3,(H,32,33). The lowest BCUT2D eigenvalue weighted by Gasteiger charge is -2.27. The number of rotatable bonds is 13. The van der Waals surface area contributed by atoms with E-state index in [2.05, 4.69) is 36.6 Å². The zero-order valence-corrected chi connectivity index (χ0v) is 21.2. The lowest BCUT2D eigenvalue weighted by molar-refractivity contribution is -0.123. The van der Waals surface area contributed by atoms with Gasteiger partial charge in [-0.1, -0.05) is 75.6 Å². The number of amides is 1. The van der Waals surface area contributed by atoms with Crippen LogP contribution in [0.25, 0.3) is 0 Å². The van der Waals surface area contributed by atoms with Crippen LogP contribution in [-0.4, -0.2) is 31.1 Å². The van der Waals surface area contributed by atoms with Gasteiger partial charge in [-0.25, -0.2) is 0 Å². The average molecular weight is 466 g/mol. The first-order chi connectivity index (χ1) is 16.4. The maximum Gasteiger partial charge on any atom is 0.227 e. The van der Waals surface area contributed by atoms with Gasteiger partial charge in [-0.15, -0.1) is 0 Å². The van der Waals surface area contributed by atoms with E-state index in [9.17, 15) is 4.79 Å². The number of carbonyl (C=O) groups is 1. The molecule has 1 aliphatic rings. The van der Waals surface area contributed by atoms with Gasteiger partial charge in [0.05, 0.1) is 18.6 Å². The summed E-state index contributed by atoms with van der Waals surface area (Å²) >= 11 is 0. The van der Waals surface area contributed by atoms with Crippen molar-refractivity contribution in [3.05, 3.63) is 65.7 Å². The Bertz CT molecular complexity index is 863. The van der Waals surface area contributed by atoms with E-state index >= 15 is 0 Å². The number of carbonyl (C=O) groups excluding carboxylic acids is 1. The number of nitrogens with one attached hydrogen (secondary N) is 2. The minimum Gasteiger partial charge on any atom is -0.493 e. The Hall–Kier alpha value is -2.37. The van der Waals surface area contributed by atoms with Gasteiger partial charge in [-0.3, -0.25) is 4.79 Å². The Morgan fingerprint density at radius 2 is 1.71 bits per heavy atom. The first-order valence-corrected chi connectivity index (χ1v) is 13.0. The summed E-state index contributed by atoms with van der Waals surface area (Å²) in [5.74, 6) is 1.21. The van der Waals surface area contributed by atoms with E-state index < -0.39 is 0 Å². The molecule has 0 bridgehead atoms. The van der Waals surface area contributed by atoms with Crippen molar-refractivity contribution in [2.75, 3.05) is 19.7 Å². The summed E-state index contributed by atoms with van der Waals surface area (Å²) in [4.78, 5) is 13.1. The number of ether oxygens (including phenoxy) is 1. The zero-order chi connectivity index (χ0) is 24.4. The molecule has 0 radical (unpaired) electrons. The smallest absolute Gasteiger partial charge is 0.227 e. The molecule has 5 nitrogen and oxygen atoms in total. The molecule has 1 amide bonds. The largest absolute Gasteiger partial charge is 0.493 e. The maximum atomic E-state index is 13.1. The monoisotopic (exact) mass is 465 g/mol. The fraction of sp³-hybridized carbons (Fsp3) is 0.552. The Kier molecular flexibility index (Phi) is 9.97. The molecule has 3 unspecified atom stereocenters. The molecule has 2 aromatic rings. The van der Waals surface area contributed by atoms with E-state index in [4.69, 9.17) is 10.5 Å². The molecular weight excluding hydrogens is 422 g/mol. The molecule has 186 valence electrons. The van der Waals surface area contributed by atoms with E-state index in [1.165, 1.54) is 25.7 Å². The van der Waals surface area contributed by atoms with Crippen molar-refractivity contribution in [1.29, 1.82) is 0 Å². The second-order valence-corrected chi connectivity index (χ2v) is 10.2. The van der Waals surface area contributed by atoms with Crippen molar-refractivity contribution in [2.45, 2.75) is 76.8 Å². The van der Waals surface area contributed by atoms with Crippen LogP contribution in [0.3, 0.4) is 0 Å². The molecule has 3 atom stereocenters. The van der Waals surface area contributed by atoms with Crippen LogP contribution in [0, 0.1) is 5.92 Å². The minimum atomic E-state index is -0.220. The highest BCUT2D eigenvalue weighted by Crippen LogP contribution is 2.27. The van der Waals surface area contributed by atoms with Crippen molar-refractivity contribution in [1.82, 2.24) is 10.6 Å². The molecule has 0 spiro atoms. The average Bonchev–Trinajstić information content (AvgIpc) is 3.29. The van der Waals surface area contributed by atoms with E-state index in [1.54, 1.807) is 0 Å². The number of hydrogen-bond acceptors (Lipinski definition) is 4. The molecule has 3 rings (SSSR count). The molecule has 34 heavy (non-hydrogen) atoms. The van der Waals surface area contributed by atoms with Crippen molar-refractivity contribution < 1.29 is 9.53 Å². The summed E-state index contributed by atoms with van der Waals surface area (Å²) < 4.78 is 5.97. The fourth-order valence-corrected chi connectivity index (χ4v) is 4.77. The first-order valence-electron chi connectivity index (χ1n) is 13.0. The lowest BCUT2D eigenvalue weighted by atomic mass is 9.98. The van der Waals surface area contributed by atoms with Gasteiger partial charge in [0, 0.05) is 18.6 Å². The quantitative estimate of drug-likeness (QED) is 0.374. The molecule has 5 heteroatoms. The Balaban J connectivity index is 1.65. The van der Waals surface area contributed by atoms with Crippen LogP contribution in [0.1, 0.15) is 82.4 Å². The van der Waals surface area contributed by atoms with Gasteiger partial charge in [0.2, 0.25) is 5.91 Å². The molecule has 1 saturated carbocycles. The van der Waals surface area contributed by atoms with Gasteiger partial charge >= 0.3 is 0 Å². The molecular formula is C29H43N3O2. The molecule has 4 N–H and O–H groups in total. The van der Waals surface area contributed by atoms with Crippen LogP contribution in [0.2, 0.25) is 0 Å². The highest BCUT2D eigenvalue weighted by atomic mass is 16.5. The predicted octanol–water partition coefficient (Wildman–Crippen LogP) is 5.32. The van der Waals surface area contributed by atoms with Crippen LogP contribution >= 0.6 is 0 Å². The summed E-state index contributed by atoms with van der Waals surface area (Å²) in [6, 6.07) is 17.9. The van der Waals surface area contributed by atoms with Crippen LogP contribution in [0.15, 0.2) is 54.6 Å². The summed E-state index contributed by atoms with van der Waals surface area (Å²) in [6.07, 6.45) is 6.86. The number of benzene rings is 2. The molecule has 2 aromatic carbocycles. The zero-order valence-electron chi connectivity index (χ0n) is 21.2. The van der Waals surface area contributed by atoms with Crippen molar-refractivity contribution in [2.24, 2.45) is 11.7 Å². The molecule has 0 heterocycles. The normalized spacial score (nSPS) is 17.6. The highest BCUT2D eigenvalue weighted by Gasteiger charge is 2.29. The molecule has 0 aliphatic heterocycles. The summed E-state index contributed by atoms with van der Waals surface area (Å²) in [5.41, 5.74) is 8.50. The fourth-order valence-electron chi connectivity index (χ4n) is 4.77. The Morgan fingerprint density at radius 1 is 1.03 bits per heavy atom. The van der Waals surface area contributed by atoms with Gasteiger partial charge in [0.1, 0.15) is 5.75 Å². The minimum absolute atomic E-state index is 0.0232. The van der Waals surface area contributed by atoms with Gasteiger partial charge in [0.15, 0.2) is 0 Å². The van der Waals surface area contributed by atoms with Crippen LogP contribution in [0.4, 0.5) is 0 Å². The van der Waals surface area contributed by atoms with Gasteiger partial charge < -0.3 is 21.1 Å². The number of hydrogen-bond donors (Lipinski definition) is 3. The van der Waals surface area contributed by atoms with Crippen LogP contribution in [0.5, 0.6) is 5.75 Å². The van der Waals surface area contributed by atoms with E-state index in [-0.39, 0.29) is 23.4 Å². The summed E-state index contributed by atoms with van der Waals surface area (Å²) in [6.45, 7) is 8.51. The van der Waals surface area contributed by atoms with Crippen LogP contribution in [-0.2, 0) is 4.79 Å². The van der Waals surface area contributed by atoms with Gasteiger partial charge in [0.25, 0.3) is 0 Å². The molecule has 1 fully saturated rings. The van der Waals surface area contributed by atoms with E-state index in [0.29, 0.717) is 12.5 Å². The Morgan fingerprint density at radius 3 is 2.35 bits per heavy atom. The molecule has 0 saturated heterocycles. The summed E-state index contributed by atoms with van der Waals surface area (Å²) in [7, 11) is 0. The summed E-state index contributed by atoms with van der Waals surface area (Å²) in [5, 5.41) is 6.82. The predicted molar refractivity (Wildman–Crippen MR) is 140 cm³/mol. The molecule has 1 aliphatic carbocycles. The maximum absolute atomic E-state index is 13.1. The van der Waals surface area contributed by atoms with Crippen LogP contribution < -0.4 is 21.1 Å². The second kappa shape index (κ2) is 12.9.